The first-order valence-corrected chi connectivity index (χ1v) is 7.80. The molecule has 0 heterocycles. The van der Waals surface area contributed by atoms with Crippen LogP contribution >= 0.6 is 15.9 Å². The molecule has 4 heteroatoms. The maximum atomic E-state index is 5.21. The van der Waals surface area contributed by atoms with Crippen molar-refractivity contribution in [3.8, 4) is 0 Å². The van der Waals surface area contributed by atoms with E-state index >= 15 is 0 Å². The molecule has 0 amide bonds. The van der Waals surface area contributed by atoms with Crippen molar-refractivity contribution in [3.05, 3.63) is 40.9 Å². The number of halogens is 1. The highest BCUT2D eigenvalue weighted by Gasteiger charge is 2.15. The number of ether oxygens (including phenoxy) is 1. The zero-order chi connectivity index (χ0) is 15.0. The van der Waals surface area contributed by atoms with Crippen LogP contribution in [0.5, 0.6) is 0 Å². The summed E-state index contributed by atoms with van der Waals surface area (Å²) in [7, 11) is 1.73. The summed E-state index contributed by atoms with van der Waals surface area (Å²) in [6, 6.07) is 6.76. The largest absolute Gasteiger partial charge is 0.383 e. The Hall–Kier alpha value is -0.840. The van der Waals surface area contributed by atoms with E-state index in [4.69, 9.17) is 4.74 Å². The molecular weight excluding hydrogens is 316 g/mol. The van der Waals surface area contributed by atoms with Crippen molar-refractivity contribution in [1.29, 1.82) is 0 Å². The molecule has 1 rings (SSSR count). The van der Waals surface area contributed by atoms with Gasteiger partial charge in [0, 0.05) is 36.4 Å². The van der Waals surface area contributed by atoms with Crippen LogP contribution in [-0.4, -0.2) is 33.4 Å². The van der Waals surface area contributed by atoms with Crippen LogP contribution in [0.15, 0.2) is 35.3 Å². The monoisotopic (exact) mass is 340 g/mol. The number of nitrogens with zero attached hydrogens (tertiary/aromatic N) is 1. The number of anilines is 1. The van der Waals surface area contributed by atoms with Crippen molar-refractivity contribution in [1.82, 2.24) is 5.32 Å². The van der Waals surface area contributed by atoms with Crippen molar-refractivity contribution < 1.29 is 4.74 Å². The van der Waals surface area contributed by atoms with E-state index in [1.165, 1.54) is 11.3 Å². The van der Waals surface area contributed by atoms with Crippen molar-refractivity contribution in [3.63, 3.8) is 0 Å². The number of nitrogens with one attached hydrogen (secondary N) is 1. The molecule has 0 fully saturated rings. The fourth-order valence-corrected chi connectivity index (χ4v) is 2.59. The lowest BCUT2D eigenvalue weighted by molar-refractivity contribution is 0.205. The fraction of sp³-hybridized carbons (Fsp3) is 0.500. The van der Waals surface area contributed by atoms with E-state index in [0.29, 0.717) is 12.6 Å². The predicted molar refractivity (Wildman–Crippen MR) is 90.5 cm³/mol. The minimum atomic E-state index is 0.318. The zero-order valence-electron chi connectivity index (χ0n) is 12.7. The smallest absolute Gasteiger partial charge is 0.0637 e. The summed E-state index contributed by atoms with van der Waals surface area (Å²) >= 11 is 3.57. The Bertz CT molecular complexity index is 423. The standard InChI is InChI=1S/C16H25BrN2O/c1-5-9-19(10-11-20-4)16-12-14(17)7-8-15(16)13(3)18-6-2/h5,7-8,12-13,18H,1,6,9-11H2,2-4H3. The van der Waals surface area contributed by atoms with Gasteiger partial charge in [-0.05, 0) is 31.2 Å². The Balaban J connectivity index is 3.09. The molecule has 1 atom stereocenters. The molecule has 0 spiro atoms. The number of methoxy groups -OCH3 is 1. The molecule has 0 aliphatic heterocycles. The van der Waals surface area contributed by atoms with Gasteiger partial charge in [0.25, 0.3) is 0 Å². The first-order valence-electron chi connectivity index (χ1n) is 7.01. The van der Waals surface area contributed by atoms with E-state index in [2.05, 4.69) is 64.8 Å². The van der Waals surface area contributed by atoms with Crippen molar-refractivity contribution in [2.45, 2.75) is 19.9 Å². The Morgan fingerprint density at radius 2 is 2.25 bits per heavy atom. The van der Waals surface area contributed by atoms with Crippen LogP contribution in [0.1, 0.15) is 25.5 Å². The van der Waals surface area contributed by atoms with Crippen LogP contribution in [0.2, 0.25) is 0 Å². The minimum Gasteiger partial charge on any atom is -0.383 e. The normalized spacial score (nSPS) is 12.2. The Morgan fingerprint density at radius 3 is 2.85 bits per heavy atom. The van der Waals surface area contributed by atoms with Gasteiger partial charge in [-0.25, -0.2) is 0 Å². The van der Waals surface area contributed by atoms with Crippen LogP contribution < -0.4 is 10.2 Å². The summed E-state index contributed by atoms with van der Waals surface area (Å²) in [5.41, 5.74) is 2.53. The second kappa shape index (κ2) is 9.16. The van der Waals surface area contributed by atoms with E-state index < -0.39 is 0 Å². The summed E-state index contributed by atoms with van der Waals surface area (Å²) in [4.78, 5) is 2.30. The van der Waals surface area contributed by atoms with Gasteiger partial charge in [0.2, 0.25) is 0 Å². The number of benzene rings is 1. The van der Waals surface area contributed by atoms with Crippen LogP contribution in [0.25, 0.3) is 0 Å². The molecule has 1 aromatic carbocycles. The Kier molecular flexibility index (Phi) is 7.88. The van der Waals surface area contributed by atoms with Crippen LogP contribution in [0.4, 0.5) is 5.69 Å². The molecule has 0 aromatic heterocycles. The quantitative estimate of drug-likeness (QED) is 0.692. The van der Waals surface area contributed by atoms with E-state index in [1.54, 1.807) is 7.11 Å². The molecule has 112 valence electrons. The van der Waals surface area contributed by atoms with E-state index in [0.717, 1.165) is 24.1 Å². The lowest BCUT2D eigenvalue weighted by Crippen LogP contribution is -2.30. The molecule has 1 N–H and O–H groups in total. The maximum Gasteiger partial charge on any atom is 0.0637 e. The molecule has 0 aliphatic carbocycles. The highest BCUT2D eigenvalue weighted by Crippen LogP contribution is 2.29. The van der Waals surface area contributed by atoms with Gasteiger partial charge >= 0.3 is 0 Å². The van der Waals surface area contributed by atoms with E-state index in [9.17, 15) is 0 Å². The zero-order valence-corrected chi connectivity index (χ0v) is 14.2. The van der Waals surface area contributed by atoms with Gasteiger partial charge in [0.05, 0.1) is 6.61 Å². The molecular formula is C16H25BrN2O. The average Bonchev–Trinajstić information content (AvgIpc) is 2.43. The summed E-state index contributed by atoms with van der Waals surface area (Å²) < 4.78 is 6.30. The van der Waals surface area contributed by atoms with Gasteiger partial charge in [-0.2, -0.15) is 0 Å². The van der Waals surface area contributed by atoms with E-state index in [1.807, 2.05) is 6.08 Å². The van der Waals surface area contributed by atoms with Gasteiger partial charge in [-0.1, -0.05) is 35.0 Å². The van der Waals surface area contributed by atoms with Crippen LogP contribution in [0, 0.1) is 0 Å². The van der Waals surface area contributed by atoms with Crippen molar-refractivity contribution >= 4 is 21.6 Å². The Labute approximate surface area is 131 Å². The molecule has 1 unspecified atom stereocenters. The minimum absolute atomic E-state index is 0.318. The average molecular weight is 341 g/mol. The second-order valence-electron chi connectivity index (χ2n) is 4.71. The lowest BCUT2D eigenvalue weighted by atomic mass is 10.0. The topological polar surface area (TPSA) is 24.5 Å². The summed E-state index contributed by atoms with van der Waals surface area (Å²) in [5.74, 6) is 0. The lowest BCUT2D eigenvalue weighted by Gasteiger charge is -2.28. The van der Waals surface area contributed by atoms with Crippen molar-refractivity contribution in [2.24, 2.45) is 0 Å². The first-order chi connectivity index (χ1) is 9.63. The molecule has 0 saturated carbocycles. The first kappa shape index (κ1) is 17.2. The Morgan fingerprint density at radius 1 is 1.50 bits per heavy atom. The highest BCUT2D eigenvalue weighted by molar-refractivity contribution is 9.10. The van der Waals surface area contributed by atoms with Crippen molar-refractivity contribution in [2.75, 3.05) is 38.3 Å². The van der Waals surface area contributed by atoms with Crippen LogP contribution in [0.3, 0.4) is 0 Å². The molecule has 3 nitrogen and oxygen atoms in total. The van der Waals surface area contributed by atoms with Gasteiger partial charge in [-0.15, -0.1) is 6.58 Å². The third-order valence-corrected chi connectivity index (χ3v) is 3.72. The number of hydrogen-bond acceptors (Lipinski definition) is 3. The molecule has 0 bridgehead atoms. The molecule has 1 aromatic rings. The van der Waals surface area contributed by atoms with E-state index in [-0.39, 0.29) is 0 Å². The fourth-order valence-electron chi connectivity index (χ4n) is 2.24. The van der Waals surface area contributed by atoms with Gasteiger partial charge < -0.3 is 15.0 Å². The highest BCUT2D eigenvalue weighted by atomic mass is 79.9. The molecule has 0 radical (unpaired) electrons. The molecule has 20 heavy (non-hydrogen) atoms. The second-order valence-corrected chi connectivity index (χ2v) is 5.63. The summed E-state index contributed by atoms with van der Waals surface area (Å²) in [5, 5.41) is 3.48. The van der Waals surface area contributed by atoms with Crippen LogP contribution in [-0.2, 0) is 4.74 Å². The third-order valence-electron chi connectivity index (χ3n) is 3.22. The summed E-state index contributed by atoms with van der Waals surface area (Å²) in [6.07, 6.45) is 1.93. The number of hydrogen-bond donors (Lipinski definition) is 1. The van der Waals surface area contributed by atoms with Gasteiger partial charge in [-0.3, -0.25) is 0 Å². The maximum absolute atomic E-state index is 5.21. The molecule has 0 saturated heterocycles. The predicted octanol–water partition coefficient (Wildman–Crippen LogP) is 3.76. The number of rotatable bonds is 9. The summed E-state index contributed by atoms with van der Waals surface area (Å²) in [6.45, 7) is 11.5. The van der Waals surface area contributed by atoms with Gasteiger partial charge in [0.15, 0.2) is 0 Å². The third kappa shape index (κ3) is 4.93. The molecule has 0 aliphatic rings. The SMILES string of the molecule is C=CCN(CCOC)c1cc(Br)ccc1C(C)NCC. The van der Waals surface area contributed by atoms with Gasteiger partial charge in [0.1, 0.15) is 0 Å².